The summed E-state index contributed by atoms with van der Waals surface area (Å²) in [5, 5.41) is 0. The number of carbonyl (C=O) groups is 1. The van der Waals surface area contributed by atoms with Gasteiger partial charge in [0, 0.05) is 12.3 Å². The predicted molar refractivity (Wildman–Crippen MR) is 95.9 cm³/mol. The van der Waals surface area contributed by atoms with Crippen LogP contribution in [0.25, 0.3) is 0 Å². The number of aryl methyl sites for hydroxylation is 1. The van der Waals surface area contributed by atoms with Crippen molar-refractivity contribution in [2.45, 2.75) is 71.8 Å². The summed E-state index contributed by atoms with van der Waals surface area (Å²) in [6, 6.07) is 7.09. The molecule has 4 rings (SSSR count). The highest BCUT2D eigenvalue weighted by Gasteiger charge is 2.57. The maximum Gasteiger partial charge on any atom is 0.302 e. The van der Waals surface area contributed by atoms with Crippen LogP contribution in [0.3, 0.4) is 0 Å². The van der Waals surface area contributed by atoms with Gasteiger partial charge in [-0.2, -0.15) is 0 Å². The van der Waals surface area contributed by atoms with E-state index in [-0.39, 0.29) is 17.5 Å². The number of fused-ring (bicyclic) bond motifs is 5. The van der Waals surface area contributed by atoms with Gasteiger partial charge in [-0.15, -0.1) is 0 Å². The molecule has 2 fully saturated rings. The van der Waals surface area contributed by atoms with E-state index in [1.54, 1.807) is 18.1 Å². The topological polar surface area (TPSA) is 26.3 Å². The lowest BCUT2D eigenvalue weighted by atomic mass is 9.53. The molecule has 2 saturated carbocycles. The third-order valence-electron chi connectivity index (χ3n) is 7.45. The van der Waals surface area contributed by atoms with E-state index in [0.717, 1.165) is 18.3 Å². The van der Waals surface area contributed by atoms with E-state index >= 15 is 0 Å². The summed E-state index contributed by atoms with van der Waals surface area (Å²) < 4.78 is 5.74. The first-order valence-electron chi connectivity index (χ1n) is 9.67. The summed E-state index contributed by atoms with van der Waals surface area (Å²) in [6.07, 6.45) is 6.06. The Morgan fingerprint density at radius 3 is 2.79 bits per heavy atom. The van der Waals surface area contributed by atoms with Crippen molar-refractivity contribution in [2.24, 2.45) is 23.2 Å². The van der Waals surface area contributed by atoms with Crippen LogP contribution < -0.4 is 0 Å². The van der Waals surface area contributed by atoms with Crippen LogP contribution in [0.1, 0.15) is 69.1 Å². The molecule has 0 radical (unpaired) electrons. The molecule has 3 aliphatic carbocycles. The van der Waals surface area contributed by atoms with E-state index in [1.165, 1.54) is 31.2 Å². The molecule has 3 aliphatic rings. The highest BCUT2D eigenvalue weighted by molar-refractivity contribution is 5.66. The second-order valence-electron chi connectivity index (χ2n) is 8.89. The molecule has 2 nitrogen and oxygen atoms in total. The predicted octanol–water partition coefficient (Wildman–Crippen LogP) is 5.03. The number of ether oxygens (including phenoxy) is 1. The van der Waals surface area contributed by atoms with Gasteiger partial charge in [-0.1, -0.05) is 37.6 Å². The number of carbonyl (C=O) groups excluding carboxylic acids is 1. The monoisotopic (exact) mass is 326 g/mol. The summed E-state index contributed by atoms with van der Waals surface area (Å²) in [6.45, 7) is 8.61. The summed E-state index contributed by atoms with van der Waals surface area (Å²) in [7, 11) is 0. The van der Waals surface area contributed by atoms with Gasteiger partial charge in [-0.05, 0) is 73.8 Å². The lowest BCUT2D eigenvalue weighted by molar-refractivity contribution is -0.155. The fraction of sp³-hybridized carbons (Fsp3) is 0.682. The fourth-order valence-corrected chi connectivity index (χ4v) is 6.45. The minimum absolute atomic E-state index is 0.110. The van der Waals surface area contributed by atoms with Gasteiger partial charge >= 0.3 is 5.97 Å². The van der Waals surface area contributed by atoms with Crippen molar-refractivity contribution in [1.29, 1.82) is 0 Å². The molecule has 2 heteroatoms. The summed E-state index contributed by atoms with van der Waals surface area (Å²) >= 11 is 0. The second kappa shape index (κ2) is 5.61. The molecular weight excluding hydrogens is 296 g/mol. The lowest BCUT2D eigenvalue weighted by Crippen LogP contribution is -2.47. The van der Waals surface area contributed by atoms with Gasteiger partial charge in [0.15, 0.2) is 0 Å². The zero-order valence-corrected chi connectivity index (χ0v) is 15.5. The molecule has 0 N–H and O–H groups in total. The highest BCUT2D eigenvalue weighted by Crippen LogP contribution is 2.62. The van der Waals surface area contributed by atoms with Crippen LogP contribution in [0.15, 0.2) is 18.2 Å². The zero-order chi connectivity index (χ0) is 17.1. The van der Waals surface area contributed by atoms with E-state index in [0.29, 0.717) is 11.8 Å². The van der Waals surface area contributed by atoms with Crippen molar-refractivity contribution in [3.05, 3.63) is 34.9 Å². The molecule has 4 unspecified atom stereocenters. The molecule has 1 aromatic rings. The molecule has 1 aromatic carbocycles. The second-order valence-corrected chi connectivity index (χ2v) is 8.89. The number of esters is 1. The number of hydrogen-bond donors (Lipinski definition) is 0. The molecule has 0 bridgehead atoms. The molecule has 6 atom stereocenters. The summed E-state index contributed by atoms with van der Waals surface area (Å²) in [5.41, 5.74) is 4.77. The zero-order valence-electron chi connectivity index (χ0n) is 15.5. The van der Waals surface area contributed by atoms with Gasteiger partial charge in [-0.25, -0.2) is 0 Å². The minimum Gasteiger partial charge on any atom is -0.462 e. The van der Waals surface area contributed by atoms with Gasteiger partial charge in [0.1, 0.15) is 6.10 Å². The van der Waals surface area contributed by atoms with E-state index < -0.39 is 0 Å². The van der Waals surface area contributed by atoms with Crippen LogP contribution in [0.5, 0.6) is 0 Å². The molecule has 0 heterocycles. The average Bonchev–Trinajstić information content (AvgIpc) is 2.83. The quantitative estimate of drug-likeness (QED) is 0.677. The van der Waals surface area contributed by atoms with Gasteiger partial charge in [-0.3, -0.25) is 4.79 Å². The Kier molecular flexibility index (Phi) is 3.78. The van der Waals surface area contributed by atoms with Crippen molar-refractivity contribution in [3.8, 4) is 0 Å². The van der Waals surface area contributed by atoms with Crippen molar-refractivity contribution in [1.82, 2.24) is 0 Å². The first-order valence-corrected chi connectivity index (χ1v) is 9.67. The molecular formula is C22H30O2. The Bertz CT molecular complexity index is 664. The molecule has 0 amide bonds. The van der Waals surface area contributed by atoms with Crippen LogP contribution in [0, 0.1) is 30.1 Å². The Morgan fingerprint density at radius 1 is 1.25 bits per heavy atom. The Morgan fingerprint density at radius 2 is 2.04 bits per heavy atom. The average molecular weight is 326 g/mol. The molecule has 0 aromatic heterocycles. The molecule has 130 valence electrons. The summed E-state index contributed by atoms with van der Waals surface area (Å²) in [5.74, 6) is 2.77. The third kappa shape index (κ3) is 2.33. The molecule has 0 aliphatic heterocycles. The largest absolute Gasteiger partial charge is 0.462 e. The first kappa shape index (κ1) is 16.2. The van der Waals surface area contributed by atoms with Crippen LogP contribution >= 0.6 is 0 Å². The van der Waals surface area contributed by atoms with E-state index in [9.17, 15) is 4.79 Å². The lowest BCUT2D eigenvalue weighted by Gasteiger charge is -2.52. The molecule has 0 spiro atoms. The van der Waals surface area contributed by atoms with Crippen LogP contribution in [-0.2, 0) is 16.0 Å². The molecule has 24 heavy (non-hydrogen) atoms. The van der Waals surface area contributed by atoms with Crippen molar-refractivity contribution >= 4 is 5.97 Å². The summed E-state index contributed by atoms with van der Waals surface area (Å²) in [4.78, 5) is 11.5. The Labute approximate surface area is 146 Å². The number of rotatable bonds is 1. The minimum atomic E-state index is -0.110. The van der Waals surface area contributed by atoms with Crippen molar-refractivity contribution < 1.29 is 9.53 Å². The van der Waals surface area contributed by atoms with E-state index in [2.05, 4.69) is 39.0 Å². The normalized spacial score (nSPS) is 40.4. The van der Waals surface area contributed by atoms with Crippen LogP contribution in [0.2, 0.25) is 0 Å². The van der Waals surface area contributed by atoms with Crippen LogP contribution in [-0.4, -0.2) is 12.1 Å². The van der Waals surface area contributed by atoms with Crippen molar-refractivity contribution in [2.75, 3.05) is 0 Å². The van der Waals surface area contributed by atoms with Gasteiger partial charge in [0.05, 0.1) is 0 Å². The molecule has 0 saturated heterocycles. The SMILES string of the molecule is CC(=O)O[C@H]1CCC2C3C(C)Cc4cc(C)ccc4C3CC[C@@]21C. The smallest absolute Gasteiger partial charge is 0.302 e. The van der Waals surface area contributed by atoms with Gasteiger partial charge in [0.25, 0.3) is 0 Å². The third-order valence-corrected chi connectivity index (χ3v) is 7.45. The van der Waals surface area contributed by atoms with E-state index in [1.807, 2.05) is 0 Å². The standard InChI is InChI=1S/C22H30O2/c1-13-5-6-17-16(11-13)12-14(2)21-18(17)9-10-22(4)19(21)7-8-20(22)24-15(3)23/h5-6,11,14,18-21H,7-10,12H2,1-4H3/t14?,18?,19?,20-,21?,22-/m0/s1. The van der Waals surface area contributed by atoms with Gasteiger partial charge in [0.2, 0.25) is 0 Å². The fourth-order valence-electron chi connectivity index (χ4n) is 6.45. The van der Waals surface area contributed by atoms with E-state index in [4.69, 9.17) is 4.74 Å². The highest BCUT2D eigenvalue weighted by atomic mass is 16.5. The van der Waals surface area contributed by atoms with Crippen LogP contribution in [0.4, 0.5) is 0 Å². The number of benzene rings is 1. The Balaban J connectivity index is 1.68. The Hall–Kier alpha value is -1.31. The van der Waals surface area contributed by atoms with Gasteiger partial charge < -0.3 is 4.74 Å². The number of hydrogen-bond acceptors (Lipinski definition) is 2. The van der Waals surface area contributed by atoms with Crippen molar-refractivity contribution in [3.63, 3.8) is 0 Å². The maximum atomic E-state index is 11.5. The first-order chi connectivity index (χ1) is 11.4. The maximum absolute atomic E-state index is 11.5.